The summed E-state index contributed by atoms with van der Waals surface area (Å²) in [5.74, 6) is 0.276. The summed E-state index contributed by atoms with van der Waals surface area (Å²) in [6.07, 6.45) is 1.54. The standard InChI is InChI=1S/C14H15ClN2O3S/c1-9-6-11(15)8-13(14(9)20-3)21(18,19)17-12-4-5-16-10(2)7-12/h4-8H,1-3H3,(H,16,17). The maximum absolute atomic E-state index is 12.5. The summed E-state index contributed by atoms with van der Waals surface area (Å²) in [5, 5.41) is 0.333. The van der Waals surface area contributed by atoms with Crippen molar-refractivity contribution >= 4 is 27.3 Å². The molecule has 5 nitrogen and oxygen atoms in total. The lowest BCUT2D eigenvalue weighted by atomic mass is 10.2. The molecule has 0 spiro atoms. The Morgan fingerprint density at radius 1 is 1.24 bits per heavy atom. The first-order chi connectivity index (χ1) is 9.83. The van der Waals surface area contributed by atoms with Gasteiger partial charge in [-0.25, -0.2) is 8.42 Å². The number of halogens is 1. The van der Waals surface area contributed by atoms with E-state index in [9.17, 15) is 8.42 Å². The summed E-state index contributed by atoms with van der Waals surface area (Å²) in [6, 6.07) is 6.23. The number of nitrogens with zero attached hydrogens (tertiary/aromatic N) is 1. The largest absolute Gasteiger partial charge is 0.495 e. The van der Waals surface area contributed by atoms with Gasteiger partial charge in [0.15, 0.2) is 0 Å². The summed E-state index contributed by atoms with van der Waals surface area (Å²) in [7, 11) is -2.38. The molecule has 0 aliphatic carbocycles. The maximum Gasteiger partial charge on any atom is 0.265 e. The van der Waals surface area contributed by atoms with E-state index in [1.165, 1.54) is 19.4 Å². The molecule has 2 aromatic rings. The minimum absolute atomic E-state index is 0.00413. The number of ether oxygens (including phenoxy) is 1. The Morgan fingerprint density at radius 3 is 2.57 bits per heavy atom. The highest BCUT2D eigenvalue weighted by atomic mass is 35.5. The molecule has 1 heterocycles. The molecule has 1 aromatic heterocycles. The Hall–Kier alpha value is -1.79. The highest BCUT2D eigenvalue weighted by molar-refractivity contribution is 7.92. The Bertz CT molecular complexity index is 776. The van der Waals surface area contributed by atoms with Gasteiger partial charge in [-0.05, 0) is 43.7 Å². The molecule has 0 saturated heterocycles. The van der Waals surface area contributed by atoms with E-state index in [0.29, 0.717) is 22.0 Å². The number of benzene rings is 1. The monoisotopic (exact) mass is 326 g/mol. The minimum atomic E-state index is -3.81. The Kier molecular flexibility index (Phi) is 4.39. The van der Waals surface area contributed by atoms with Gasteiger partial charge in [-0.1, -0.05) is 11.6 Å². The first-order valence-corrected chi connectivity index (χ1v) is 7.99. The van der Waals surface area contributed by atoms with Gasteiger partial charge in [0, 0.05) is 16.9 Å². The zero-order valence-corrected chi connectivity index (χ0v) is 13.4. The van der Waals surface area contributed by atoms with E-state index >= 15 is 0 Å². The highest BCUT2D eigenvalue weighted by Crippen LogP contribution is 2.32. The number of pyridine rings is 1. The van der Waals surface area contributed by atoms with E-state index in [4.69, 9.17) is 16.3 Å². The van der Waals surface area contributed by atoms with Gasteiger partial charge in [0.05, 0.1) is 12.8 Å². The molecular weight excluding hydrogens is 312 g/mol. The molecule has 1 aromatic carbocycles. The fourth-order valence-corrected chi connectivity index (χ4v) is 3.63. The second-order valence-corrected chi connectivity index (χ2v) is 6.63. The average molecular weight is 327 g/mol. The molecule has 0 aliphatic heterocycles. The van der Waals surface area contributed by atoms with E-state index in [2.05, 4.69) is 9.71 Å². The van der Waals surface area contributed by atoms with Crippen LogP contribution in [0.4, 0.5) is 5.69 Å². The average Bonchev–Trinajstić information content (AvgIpc) is 2.37. The molecule has 0 aliphatic rings. The molecule has 0 radical (unpaired) electrons. The number of methoxy groups -OCH3 is 1. The van der Waals surface area contributed by atoms with Crippen molar-refractivity contribution in [2.45, 2.75) is 18.7 Å². The lowest BCUT2D eigenvalue weighted by Gasteiger charge is -2.14. The normalized spacial score (nSPS) is 11.2. The molecule has 2 rings (SSSR count). The quantitative estimate of drug-likeness (QED) is 0.937. The predicted octanol–water partition coefficient (Wildman–Crippen LogP) is 3.16. The van der Waals surface area contributed by atoms with Crippen LogP contribution in [0, 0.1) is 13.8 Å². The molecule has 0 saturated carbocycles. The number of aryl methyl sites for hydroxylation is 2. The maximum atomic E-state index is 12.5. The van der Waals surface area contributed by atoms with Gasteiger partial charge in [0.25, 0.3) is 10.0 Å². The zero-order chi connectivity index (χ0) is 15.6. The summed E-state index contributed by atoms with van der Waals surface area (Å²) < 4.78 is 32.7. The zero-order valence-electron chi connectivity index (χ0n) is 11.8. The Morgan fingerprint density at radius 2 is 1.95 bits per heavy atom. The summed E-state index contributed by atoms with van der Waals surface area (Å²) in [6.45, 7) is 3.52. The topological polar surface area (TPSA) is 68.3 Å². The fourth-order valence-electron chi connectivity index (χ4n) is 1.98. The van der Waals surface area contributed by atoms with E-state index in [1.807, 2.05) is 0 Å². The second kappa shape index (κ2) is 5.91. The van der Waals surface area contributed by atoms with Crippen molar-refractivity contribution < 1.29 is 13.2 Å². The molecule has 7 heteroatoms. The van der Waals surface area contributed by atoms with Crippen LogP contribution in [0.5, 0.6) is 5.75 Å². The number of aromatic nitrogens is 1. The first kappa shape index (κ1) is 15.6. The van der Waals surface area contributed by atoms with Crippen LogP contribution in [-0.4, -0.2) is 20.5 Å². The molecule has 112 valence electrons. The van der Waals surface area contributed by atoms with Crippen LogP contribution < -0.4 is 9.46 Å². The molecule has 0 fully saturated rings. The van der Waals surface area contributed by atoms with Crippen molar-refractivity contribution in [3.8, 4) is 5.75 Å². The third-order valence-electron chi connectivity index (χ3n) is 2.85. The third-order valence-corrected chi connectivity index (χ3v) is 4.45. The number of rotatable bonds is 4. The fraction of sp³-hybridized carbons (Fsp3) is 0.214. The van der Waals surface area contributed by atoms with Gasteiger partial charge < -0.3 is 4.74 Å². The van der Waals surface area contributed by atoms with Crippen molar-refractivity contribution in [2.75, 3.05) is 11.8 Å². The SMILES string of the molecule is COc1c(C)cc(Cl)cc1S(=O)(=O)Nc1ccnc(C)c1. The van der Waals surface area contributed by atoms with Crippen LogP contribution in [0.15, 0.2) is 35.4 Å². The van der Waals surface area contributed by atoms with Crippen molar-refractivity contribution in [3.05, 3.63) is 46.7 Å². The number of nitrogens with one attached hydrogen (secondary N) is 1. The Labute approximate surface area is 129 Å². The van der Waals surface area contributed by atoms with Crippen LogP contribution in [0.3, 0.4) is 0 Å². The molecule has 0 atom stereocenters. The summed E-state index contributed by atoms with van der Waals surface area (Å²) in [4.78, 5) is 4.03. The Balaban J connectivity index is 2.49. The number of hydrogen-bond donors (Lipinski definition) is 1. The molecule has 21 heavy (non-hydrogen) atoms. The van der Waals surface area contributed by atoms with Gasteiger partial charge in [0.2, 0.25) is 0 Å². The molecule has 0 amide bonds. The van der Waals surface area contributed by atoms with E-state index in [1.54, 1.807) is 32.0 Å². The third kappa shape index (κ3) is 3.46. The van der Waals surface area contributed by atoms with Crippen LogP contribution in [-0.2, 0) is 10.0 Å². The predicted molar refractivity (Wildman–Crippen MR) is 82.5 cm³/mol. The van der Waals surface area contributed by atoms with E-state index in [0.717, 1.165) is 0 Å². The molecule has 0 bridgehead atoms. The van der Waals surface area contributed by atoms with Gasteiger partial charge in [-0.15, -0.1) is 0 Å². The smallest absolute Gasteiger partial charge is 0.265 e. The van der Waals surface area contributed by atoms with Crippen molar-refractivity contribution in [1.29, 1.82) is 0 Å². The van der Waals surface area contributed by atoms with Gasteiger partial charge in [-0.2, -0.15) is 0 Å². The lowest BCUT2D eigenvalue weighted by Crippen LogP contribution is -2.14. The van der Waals surface area contributed by atoms with E-state index in [-0.39, 0.29) is 10.6 Å². The lowest BCUT2D eigenvalue weighted by molar-refractivity contribution is 0.399. The van der Waals surface area contributed by atoms with Crippen LogP contribution in [0.1, 0.15) is 11.3 Å². The molecule has 1 N–H and O–H groups in total. The van der Waals surface area contributed by atoms with Gasteiger partial charge >= 0.3 is 0 Å². The van der Waals surface area contributed by atoms with Gasteiger partial charge in [0.1, 0.15) is 10.6 Å². The number of hydrogen-bond acceptors (Lipinski definition) is 4. The highest BCUT2D eigenvalue weighted by Gasteiger charge is 2.22. The van der Waals surface area contributed by atoms with Crippen LogP contribution in [0.2, 0.25) is 5.02 Å². The molecule has 0 unspecified atom stereocenters. The number of sulfonamides is 1. The number of anilines is 1. The summed E-state index contributed by atoms with van der Waals surface area (Å²) in [5.41, 5.74) is 1.79. The minimum Gasteiger partial charge on any atom is -0.495 e. The van der Waals surface area contributed by atoms with E-state index < -0.39 is 10.0 Å². The molecular formula is C14H15ClN2O3S. The van der Waals surface area contributed by atoms with Crippen LogP contribution in [0.25, 0.3) is 0 Å². The first-order valence-electron chi connectivity index (χ1n) is 6.13. The van der Waals surface area contributed by atoms with Crippen molar-refractivity contribution in [3.63, 3.8) is 0 Å². The summed E-state index contributed by atoms with van der Waals surface area (Å²) >= 11 is 5.96. The van der Waals surface area contributed by atoms with Crippen molar-refractivity contribution in [2.24, 2.45) is 0 Å². The van der Waals surface area contributed by atoms with Crippen molar-refractivity contribution in [1.82, 2.24) is 4.98 Å². The van der Waals surface area contributed by atoms with Crippen LogP contribution >= 0.6 is 11.6 Å². The van der Waals surface area contributed by atoms with Gasteiger partial charge in [-0.3, -0.25) is 9.71 Å². The second-order valence-electron chi connectivity index (χ2n) is 4.55.